The maximum Gasteiger partial charge on any atom is 0.294 e. The standard InChI is InChI=1S/C20H17N5O5S2/c1-12-18(23-22-14-5-9-16(10-6-14)32(27,28)29)19(26)25(24-12)20-21-17(11-31-20)13-3-7-15(30-2)8-4-13/h3-11,18H,1-2H3,(H,27,28,29)/t18-/m0/s1. The first-order valence-electron chi connectivity index (χ1n) is 9.23. The number of thiazole rings is 1. The van der Waals surface area contributed by atoms with Crippen molar-refractivity contribution in [2.45, 2.75) is 17.9 Å². The largest absolute Gasteiger partial charge is 0.497 e. The SMILES string of the molecule is COc1ccc(-c2csc(N3N=C(C)[C@H](N=Nc4ccc(S(=O)(=O)O)cc4)C3=O)n2)cc1. The number of methoxy groups -OCH3 is 1. The van der Waals surface area contributed by atoms with Crippen molar-refractivity contribution in [1.29, 1.82) is 0 Å². The summed E-state index contributed by atoms with van der Waals surface area (Å²) in [7, 11) is -2.70. The molecule has 0 fully saturated rings. The molecule has 1 aliphatic heterocycles. The van der Waals surface area contributed by atoms with Crippen LogP contribution in [0.1, 0.15) is 6.92 Å². The highest BCUT2D eigenvalue weighted by molar-refractivity contribution is 7.85. The van der Waals surface area contributed by atoms with Gasteiger partial charge in [0.05, 0.1) is 29.1 Å². The number of azo groups is 1. The Bertz CT molecular complexity index is 1320. The minimum atomic E-state index is -4.29. The summed E-state index contributed by atoms with van der Waals surface area (Å²) in [4.78, 5) is 17.1. The van der Waals surface area contributed by atoms with Crippen LogP contribution >= 0.6 is 11.3 Å². The zero-order valence-corrected chi connectivity index (χ0v) is 18.5. The predicted molar refractivity (Wildman–Crippen MR) is 119 cm³/mol. The van der Waals surface area contributed by atoms with Crippen molar-refractivity contribution < 1.29 is 22.5 Å². The quantitative estimate of drug-likeness (QED) is 0.427. The summed E-state index contributed by atoms with van der Waals surface area (Å²) in [5.74, 6) is 0.344. The molecule has 3 aromatic rings. The molecule has 0 radical (unpaired) electrons. The van der Waals surface area contributed by atoms with Crippen LogP contribution in [0, 0.1) is 0 Å². The summed E-state index contributed by atoms with van der Waals surface area (Å²) in [6.07, 6.45) is 0. The highest BCUT2D eigenvalue weighted by atomic mass is 32.2. The number of hydrogen-bond acceptors (Lipinski definition) is 9. The van der Waals surface area contributed by atoms with Crippen LogP contribution in [0.15, 0.2) is 74.1 Å². The Kier molecular flexibility index (Phi) is 5.82. The normalized spacial score (nSPS) is 16.6. The van der Waals surface area contributed by atoms with Crippen LogP contribution in [0.4, 0.5) is 10.8 Å². The Morgan fingerprint density at radius 2 is 1.81 bits per heavy atom. The molecule has 1 N–H and O–H groups in total. The number of nitrogens with zero attached hydrogens (tertiary/aromatic N) is 5. The number of carbonyl (C=O) groups excluding carboxylic acids is 1. The lowest BCUT2D eigenvalue weighted by atomic mass is 10.2. The van der Waals surface area contributed by atoms with Gasteiger partial charge in [-0.2, -0.15) is 28.8 Å². The van der Waals surface area contributed by atoms with Gasteiger partial charge in [-0.3, -0.25) is 9.35 Å². The first-order valence-corrected chi connectivity index (χ1v) is 11.6. The number of anilines is 1. The van der Waals surface area contributed by atoms with E-state index in [0.717, 1.165) is 11.3 Å². The fourth-order valence-electron chi connectivity index (χ4n) is 2.89. The second kappa shape index (κ2) is 8.57. The average Bonchev–Trinajstić information content (AvgIpc) is 3.37. The van der Waals surface area contributed by atoms with Crippen LogP contribution in [0.3, 0.4) is 0 Å². The van der Waals surface area contributed by atoms with Crippen molar-refractivity contribution in [2.75, 3.05) is 12.1 Å². The highest BCUT2D eigenvalue weighted by Gasteiger charge is 2.36. The Balaban J connectivity index is 1.50. The monoisotopic (exact) mass is 471 g/mol. The average molecular weight is 472 g/mol. The molecule has 32 heavy (non-hydrogen) atoms. The van der Waals surface area contributed by atoms with Crippen LogP contribution in [-0.4, -0.2) is 42.7 Å². The van der Waals surface area contributed by atoms with Gasteiger partial charge in [0, 0.05) is 10.9 Å². The summed E-state index contributed by atoms with van der Waals surface area (Å²) in [5.41, 5.74) is 2.37. The number of ether oxygens (including phenoxy) is 1. The fourth-order valence-corrected chi connectivity index (χ4v) is 4.16. The van der Waals surface area contributed by atoms with E-state index in [4.69, 9.17) is 9.29 Å². The minimum absolute atomic E-state index is 0.256. The molecule has 1 atom stereocenters. The summed E-state index contributed by atoms with van der Waals surface area (Å²) >= 11 is 1.28. The van der Waals surface area contributed by atoms with E-state index in [-0.39, 0.29) is 4.90 Å². The van der Waals surface area contributed by atoms with Crippen molar-refractivity contribution in [2.24, 2.45) is 15.3 Å². The van der Waals surface area contributed by atoms with E-state index in [1.807, 2.05) is 29.6 Å². The Morgan fingerprint density at radius 1 is 1.12 bits per heavy atom. The van der Waals surface area contributed by atoms with Crippen LogP contribution in [0.5, 0.6) is 5.75 Å². The number of hydrogen-bond donors (Lipinski definition) is 1. The van der Waals surface area contributed by atoms with Gasteiger partial charge in [0.2, 0.25) is 5.13 Å². The van der Waals surface area contributed by atoms with Gasteiger partial charge in [0.25, 0.3) is 16.0 Å². The summed E-state index contributed by atoms with van der Waals surface area (Å²) in [5, 5.41) is 15.8. The second-order valence-corrected chi connectivity index (χ2v) is 8.98. The topological polar surface area (TPSA) is 134 Å². The third kappa shape index (κ3) is 4.42. The number of hydrazone groups is 1. The minimum Gasteiger partial charge on any atom is -0.497 e. The van der Waals surface area contributed by atoms with Crippen LogP contribution < -0.4 is 9.75 Å². The molecule has 1 aromatic heterocycles. The molecule has 1 amide bonds. The summed E-state index contributed by atoms with van der Waals surface area (Å²) < 4.78 is 36.4. The molecular weight excluding hydrogens is 454 g/mol. The van der Waals surface area contributed by atoms with E-state index in [1.165, 1.54) is 40.6 Å². The molecule has 0 saturated carbocycles. The predicted octanol–water partition coefficient (Wildman–Crippen LogP) is 3.94. The molecule has 2 heterocycles. The van der Waals surface area contributed by atoms with Crippen LogP contribution in [-0.2, 0) is 14.9 Å². The third-order valence-electron chi connectivity index (χ3n) is 4.58. The van der Waals surface area contributed by atoms with Crippen molar-refractivity contribution >= 4 is 43.9 Å². The Hall–Kier alpha value is -3.48. The van der Waals surface area contributed by atoms with Gasteiger partial charge >= 0.3 is 0 Å². The zero-order chi connectivity index (χ0) is 22.9. The number of aromatic nitrogens is 1. The van der Waals surface area contributed by atoms with Gasteiger partial charge < -0.3 is 4.74 Å². The maximum atomic E-state index is 12.8. The molecule has 4 rings (SSSR count). The van der Waals surface area contributed by atoms with E-state index in [2.05, 4.69) is 20.3 Å². The molecule has 2 aromatic carbocycles. The molecule has 164 valence electrons. The maximum absolute atomic E-state index is 12.8. The Morgan fingerprint density at radius 3 is 2.44 bits per heavy atom. The van der Waals surface area contributed by atoms with Gasteiger partial charge in [0.1, 0.15) is 5.75 Å². The molecule has 1 aliphatic rings. The van der Waals surface area contributed by atoms with E-state index < -0.39 is 22.1 Å². The molecule has 0 spiro atoms. The third-order valence-corrected chi connectivity index (χ3v) is 6.26. The number of carbonyl (C=O) groups is 1. The number of amides is 1. The lowest BCUT2D eigenvalue weighted by molar-refractivity contribution is -0.117. The van der Waals surface area contributed by atoms with Crippen molar-refractivity contribution in [3.63, 3.8) is 0 Å². The zero-order valence-electron chi connectivity index (χ0n) is 16.9. The van der Waals surface area contributed by atoms with Crippen molar-refractivity contribution in [3.8, 4) is 17.0 Å². The molecule has 0 unspecified atom stereocenters. The van der Waals surface area contributed by atoms with E-state index in [1.54, 1.807) is 14.0 Å². The molecule has 12 heteroatoms. The van der Waals surface area contributed by atoms with Gasteiger partial charge in [-0.25, -0.2) is 4.98 Å². The lowest BCUT2D eigenvalue weighted by Gasteiger charge is -2.08. The smallest absolute Gasteiger partial charge is 0.294 e. The first-order chi connectivity index (χ1) is 15.3. The fraction of sp³-hybridized carbons (Fsp3) is 0.150. The number of rotatable bonds is 6. The second-order valence-electron chi connectivity index (χ2n) is 6.72. The Labute approximate surface area is 187 Å². The summed E-state index contributed by atoms with van der Waals surface area (Å²) in [6, 6.07) is 11.6. The van der Waals surface area contributed by atoms with Gasteiger partial charge in [-0.1, -0.05) is 0 Å². The highest BCUT2D eigenvalue weighted by Crippen LogP contribution is 2.31. The van der Waals surface area contributed by atoms with Gasteiger partial charge in [-0.05, 0) is 55.5 Å². The van der Waals surface area contributed by atoms with E-state index in [0.29, 0.717) is 22.2 Å². The van der Waals surface area contributed by atoms with E-state index in [9.17, 15) is 13.2 Å². The molecular formula is C20H17N5O5S2. The van der Waals surface area contributed by atoms with Crippen molar-refractivity contribution in [3.05, 3.63) is 53.9 Å². The number of benzene rings is 2. The lowest BCUT2D eigenvalue weighted by Crippen LogP contribution is -2.29. The molecule has 0 bridgehead atoms. The molecule has 0 aliphatic carbocycles. The van der Waals surface area contributed by atoms with Gasteiger partial charge in [-0.15, -0.1) is 11.3 Å². The molecule has 10 nitrogen and oxygen atoms in total. The first kappa shape index (κ1) is 21.7. The van der Waals surface area contributed by atoms with E-state index >= 15 is 0 Å². The summed E-state index contributed by atoms with van der Waals surface area (Å²) in [6.45, 7) is 1.67. The van der Waals surface area contributed by atoms with Crippen LogP contribution in [0.25, 0.3) is 11.3 Å². The van der Waals surface area contributed by atoms with Crippen molar-refractivity contribution in [1.82, 2.24) is 4.98 Å². The van der Waals surface area contributed by atoms with Crippen LogP contribution in [0.2, 0.25) is 0 Å². The molecule has 0 saturated heterocycles. The van der Waals surface area contributed by atoms with Gasteiger partial charge in [0.15, 0.2) is 6.04 Å².